The quantitative estimate of drug-likeness (QED) is 0.405. The zero-order valence-corrected chi connectivity index (χ0v) is 14.1. The Balaban J connectivity index is 2.26. The molecule has 0 unspecified atom stereocenters. The van der Waals surface area contributed by atoms with Crippen LogP contribution in [0.25, 0.3) is 27.5 Å². The van der Waals surface area contributed by atoms with E-state index in [-0.39, 0.29) is 0 Å². The van der Waals surface area contributed by atoms with Crippen LogP contribution in [-0.4, -0.2) is 4.57 Å². The normalized spacial score (nSPS) is 11.5. The molecule has 0 atom stereocenters. The molecular weight excluding hydrogens is 278 g/mol. The van der Waals surface area contributed by atoms with Crippen LogP contribution in [0.15, 0.2) is 54.6 Å². The molecule has 0 saturated heterocycles. The fourth-order valence-corrected chi connectivity index (χ4v) is 3.96. The largest absolute Gasteiger partial charge is 0.309 e. The third kappa shape index (κ3) is 2.00. The lowest BCUT2D eigenvalue weighted by Crippen LogP contribution is -2.00. The summed E-state index contributed by atoms with van der Waals surface area (Å²) in [5.41, 5.74) is 9.19. The number of hydrogen-bond acceptors (Lipinski definition) is 0. The van der Waals surface area contributed by atoms with Crippen LogP contribution in [0.1, 0.15) is 22.3 Å². The molecule has 0 spiro atoms. The molecule has 0 aliphatic rings. The zero-order valence-electron chi connectivity index (χ0n) is 14.1. The van der Waals surface area contributed by atoms with E-state index < -0.39 is 0 Å². The number of aromatic nitrogens is 1. The van der Waals surface area contributed by atoms with E-state index >= 15 is 0 Å². The van der Waals surface area contributed by atoms with Crippen molar-refractivity contribution in [1.29, 1.82) is 0 Å². The Kier molecular flexibility index (Phi) is 3.05. The molecule has 23 heavy (non-hydrogen) atoms. The predicted octanol–water partition coefficient (Wildman–Crippen LogP) is 6.02. The predicted molar refractivity (Wildman–Crippen MR) is 99.7 cm³/mol. The summed E-state index contributed by atoms with van der Waals surface area (Å²) in [4.78, 5) is 0. The highest BCUT2D eigenvalue weighted by molar-refractivity contribution is 6.10. The van der Waals surface area contributed by atoms with E-state index in [0.717, 1.165) is 0 Å². The van der Waals surface area contributed by atoms with Crippen LogP contribution in [0, 0.1) is 27.7 Å². The second kappa shape index (κ2) is 4.99. The monoisotopic (exact) mass is 299 g/mol. The molecule has 0 aliphatic heterocycles. The molecule has 4 aromatic rings. The Bertz CT molecular complexity index is 1030. The summed E-state index contributed by atoms with van der Waals surface area (Å²) < 4.78 is 2.43. The van der Waals surface area contributed by atoms with Crippen molar-refractivity contribution in [3.8, 4) is 5.69 Å². The van der Waals surface area contributed by atoms with Gasteiger partial charge in [0.15, 0.2) is 0 Å². The maximum atomic E-state index is 2.43. The minimum Gasteiger partial charge on any atom is -0.309 e. The first-order valence-corrected chi connectivity index (χ1v) is 8.15. The zero-order chi connectivity index (χ0) is 16.1. The fourth-order valence-electron chi connectivity index (χ4n) is 3.96. The van der Waals surface area contributed by atoms with Crippen LogP contribution < -0.4 is 0 Å². The second-order valence-electron chi connectivity index (χ2n) is 6.57. The van der Waals surface area contributed by atoms with E-state index in [2.05, 4.69) is 86.9 Å². The molecule has 0 saturated carbocycles. The highest BCUT2D eigenvalue weighted by Crippen LogP contribution is 2.35. The van der Waals surface area contributed by atoms with Gasteiger partial charge >= 0.3 is 0 Å². The second-order valence-corrected chi connectivity index (χ2v) is 6.57. The summed E-state index contributed by atoms with van der Waals surface area (Å²) in [5, 5.41) is 2.70. The van der Waals surface area contributed by atoms with Crippen molar-refractivity contribution in [3.63, 3.8) is 0 Å². The lowest BCUT2D eigenvalue weighted by Gasteiger charge is -2.15. The van der Waals surface area contributed by atoms with Crippen molar-refractivity contribution in [2.75, 3.05) is 0 Å². The fraction of sp³-hybridized carbons (Fsp3) is 0.182. The van der Waals surface area contributed by atoms with Gasteiger partial charge in [0.05, 0.1) is 16.7 Å². The number of nitrogens with zero attached hydrogens (tertiary/aromatic N) is 1. The Morgan fingerprint density at radius 1 is 0.652 bits per heavy atom. The van der Waals surface area contributed by atoms with Gasteiger partial charge in [-0.3, -0.25) is 0 Å². The highest BCUT2D eigenvalue weighted by atomic mass is 15.0. The summed E-state index contributed by atoms with van der Waals surface area (Å²) in [5.74, 6) is 0. The third-order valence-electron chi connectivity index (χ3n) is 4.76. The molecule has 0 bridgehead atoms. The van der Waals surface area contributed by atoms with Gasteiger partial charge in [-0.2, -0.15) is 0 Å². The van der Waals surface area contributed by atoms with Gasteiger partial charge in [0.2, 0.25) is 0 Å². The number of para-hydroxylation sites is 1. The number of aryl methyl sites for hydroxylation is 4. The topological polar surface area (TPSA) is 4.93 Å². The maximum Gasteiger partial charge on any atom is 0.0543 e. The Hall–Kier alpha value is -2.54. The maximum absolute atomic E-state index is 2.43. The van der Waals surface area contributed by atoms with Crippen LogP contribution in [-0.2, 0) is 0 Å². The summed E-state index contributed by atoms with van der Waals surface area (Å²) >= 11 is 0. The standard InChI is InChI=1S/C22H21N/c1-14-12-16(3)22(17(4)13-14)23-19-10-6-5-9-18(19)21-15(2)8-7-11-20(21)23/h5-13H,1-4H3. The van der Waals surface area contributed by atoms with E-state index in [9.17, 15) is 0 Å². The minimum atomic E-state index is 1.28. The smallest absolute Gasteiger partial charge is 0.0543 e. The van der Waals surface area contributed by atoms with Gasteiger partial charge in [-0.05, 0) is 56.5 Å². The number of hydrogen-bond donors (Lipinski definition) is 0. The van der Waals surface area contributed by atoms with Crippen molar-refractivity contribution in [2.45, 2.75) is 27.7 Å². The number of fused-ring (bicyclic) bond motifs is 3. The molecule has 0 N–H and O–H groups in total. The van der Waals surface area contributed by atoms with E-state index in [0.29, 0.717) is 0 Å². The average molecular weight is 299 g/mol. The third-order valence-corrected chi connectivity index (χ3v) is 4.76. The van der Waals surface area contributed by atoms with Gasteiger partial charge < -0.3 is 4.57 Å². The van der Waals surface area contributed by atoms with E-state index in [1.807, 2.05) is 0 Å². The molecule has 114 valence electrons. The van der Waals surface area contributed by atoms with E-state index in [4.69, 9.17) is 0 Å². The molecule has 4 rings (SSSR count). The average Bonchev–Trinajstić information content (AvgIpc) is 2.83. The molecule has 3 aromatic carbocycles. The lowest BCUT2D eigenvalue weighted by atomic mass is 10.0. The summed E-state index contributed by atoms with van der Waals surface area (Å²) in [6.07, 6.45) is 0. The first kappa shape index (κ1) is 14.1. The summed E-state index contributed by atoms with van der Waals surface area (Å²) in [6.45, 7) is 8.80. The Morgan fingerprint density at radius 3 is 2.04 bits per heavy atom. The summed E-state index contributed by atoms with van der Waals surface area (Å²) in [6, 6.07) is 19.9. The van der Waals surface area contributed by atoms with Crippen LogP contribution in [0.3, 0.4) is 0 Å². The molecule has 0 radical (unpaired) electrons. The lowest BCUT2D eigenvalue weighted by molar-refractivity contribution is 1.11. The van der Waals surface area contributed by atoms with E-state index in [1.54, 1.807) is 0 Å². The van der Waals surface area contributed by atoms with Gasteiger partial charge in [0.1, 0.15) is 0 Å². The molecule has 0 aliphatic carbocycles. The van der Waals surface area contributed by atoms with Crippen molar-refractivity contribution in [3.05, 3.63) is 76.9 Å². The number of rotatable bonds is 1. The molecule has 1 aromatic heterocycles. The molecule has 0 amide bonds. The first-order valence-electron chi connectivity index (χ1n) is 8.15. The Morgan fingerprint density at radius 2 is 1.30 bits per heavy atom. The molecule has 0 fully saturated rings. The van der Waals surface area contributed by atoms with Crippen molar-refractivity contribution in [1.82, 2.24) is 4.57 Å². The van der Waals surface area contributed by atoms with Crippen LogP contribution in [0.4, 0.5) is 0 Å². The molecular formula is C22H21N. The van der Waals surface area contributed by atoms with Crippen molar-refractivity contribution >= 4 is 21.8 Å². The highest BCUT2D eigenvalue weighted by Gasteiger charge is 2.16. The van der Waals surface area contributed by atoms with Crippen LogP contribution in [0.5, 0.6) is 0 Å². The van der Waals surface area contributed by atoms with Gasteiger partial charge in [-0.15, -0.1) is 0 Å². The van der Waals surface area contributed by atoms with Gasteiger partial charge in [-0.25, -0.2) is 0 Å². The van der Waals surface area contributed by atoms with Gasteiger partial charge in [0, 0.05) is 10.8 Å². The van der Waals surface area contributed by atoms with Gasteiger partial charge in [0.25, 0.3) is 0 Å². The van der Waals surface area contributed by atoms with Crippen molar-refractivity contribution < 1.29 is 0 Å². The molecule has 1 heterocycles. The SMILES string of the molecule is Cc1cc(C)c(-n2c3ccccc3c3c(C)cccc32)c(C)c1. The van der Waals surface area contributed by atoms with Crippen molar-refractivity contribution in [2.24, 2.45) is 0 Å². The van der Waals surface area contributed by atoms with Gasteiger partial charge in [-0.1, -0.05) is 48.0 Å². The number of benzene rings is 3. The minimum absolute atomic E-state index is 1.28. The Labute approximate surface area is 137 Å². The van der Waals surface area contributed by atoms with Crippen LogP contribution in [0.2, 0.25) is 0 Å². The molecule has 1 heteroatoms. The first-order chi connectivity index (χ1) is 11.1. The molecule has 1 nitrogen and oxygen atoms in total. The summed E-state index contributed by atoms with van der Waals surface area (Å²) in [7, 11) is 0. The van der Waals surface area contributed by atoms with Crippen LogP contribution >= 0.6 is 0 Å². The van der Waals surface area contributed by atoms with E-state index in [1.165, 1.54) is 49.7 Å².